The van der Waals surface area contributed by atoms with Gasteiger partial charge in [0.15, 0.2) is 0 Å². The zero-order chi connectivity index (χ0) is 11.1. The largest absolute Gasteiger partial charge is 0.462 e. The summed E-state index contributed by atoms with van der Waals surface area (Å²) in [4.78, 5) is 15.4. The first-order valence-corrected chi connectivity index (χ1v) is 5.35. The molecule has 1 heterocycles. The summed E-state index contributed by atoms with van der Waals surface area (Å²) in [5.41, 5.74) is 0.517. The first kappa shape index (κ1) is 11.7. The van der Waals surface area contributed by atoms with E-state index in [1.807, 2.05) is 0 Å². The van der Waals surface area contributed by atoms with Crippen molar-refractivity contribution in [3.8, 4) is 0 Å². The van der Waals surface area contributed by atoms with Gasteiger partial charge in [-0.05, 0) is 18.1 Å². The van der Waals surface area contributed by atoms with Gasteiger partial charge in [0.05, 0.1) is 12.2 Å². The van der Waals surface area contributed by atoms with E-state index in [2.05, 4.69) is 18.8 Å². The Morgan fingerprint density at radius 1 is 1.47 bits per heavy atom. The summed E-state index contributed by atoms with van der Waals surface area (Å²) in [5, 5.41) is 0. The Morgan fingerprint density at radius 2 is 2.20 bits per heavy atom. The SMILES string of the molecule is CCC(CC)COC(=O)c1cccnc1. The van der Waals surface area contributed by atoms with Crippen LogP contribution in [-0.4, -0.2) is 17.6 Å². The predicted octanol–water partition coefficient (Wildman–Crippen LogP) is 2.67. The van der Waals surface area contributed by atoms with Gasteiger partial charge in [-0.2, -0.15) is 0 Å². The van der Waals surface area contributed by atoms with Crippen molar-refractivity contribution >= 4 is 5.97 Å². The molecule has 0 unspecified atom stereocenters. The molecule has 0 radical (unpaired) electrons. The minimum atomic E-state index is -0.282. The molecule has 0 aromatic carbocycles. The van der Waals surface area contributed by atoms with Crippen LogP contribution in [-0.2, 0) is 4.74 Å². The van der Waals surface area contributed by atoms with E-state index >= 15 is 0 Å². The fourth-order valence-electron chi connectivity index (χ4n) is 1.28. The third kappa shape index (κ3) is 3.70. The quantitative estimate of drug-likeness (QED) is 0.697. The van der Waals surface area contributed by atoms with Crippen molar-refractivity contribution in [1.82, 2.24) is 4.98 Å². The number of nitrogens with zero attached hydrogens (tertiary/aromatic N) is 1. The molecule has 3 heteroatoms. The van der Waals surface area contributed by atoms with Crippen molar-refractivity contribution in [1.29, 1.82) is 0 Å². The average Bonchev–Trinajstić information content (AvgIpc) is 2.31. The smallest absolute Gasteiger partial charge is 0.339 e. The summed E-state index contributed by atoms with van der Waals surface area (Å²) in [6.07, 6.45) is 5.24. The van der Waals surface area contributed by atoms with Crippen LogP contribution in [0.2, 0.25) is 0 Å². The Kier molecular flexibility index (Phi) is 4.81. The monoisotopic (exact) mass is 207 g/mol. The predicted molar refractivity (Wildman–Crippen MR) is 58.6 cm³/mol. The van der Waals surface area contributed by atoms with Gasteiger partial charge in [0.1, 0.15) is 0 Å². The zero-order valence-corrected chi connectivity index (χ0v) is 9.27. The highest BCUT2D eigenvalue weighted by Gasteiger charge is 2.10. The second kappa shape index (κ2) is 6.17. The van der Waals surface area contributed by atoms with E-state index in [9.17, 15) is 4.79 Å². The standard InChI is InChI=1S/C12H17NO2/c1-3-10(4-2)9-15-12(14)11-6-5-7-13-8-11/h5-8,10H,3-4,9H2,1-2H3. The molecule has 15 heavy (non-hydrogen) atoms. The number of carbonyl (C=O) groups is 1. The Labute approximate surface area is 90.5 Å². The number of aromatic nitrogens is 1. The molecule has 1 aromatic heterocycles. The van der Waals surface area contributed by atoms with Crippen molar-refractivity contribution in [2.75, 3.05) is 6.61 Å². The fourth-order valence-corrected chi connectivity index (χ4v) is 1.28. The first-order chi connectivity index (χ1) is 7.27. The van der Waals surface area contributed by atoms with Gasteiger partial charge in [0.2, 0.25) is 0 Å². The Bertz CT molecular complexity index is 294. The number of hydrogen-bond donors (Lipinski definition) is 0. The van der Waals surface area contributed by atoms with Gasteiger partial charge >= 0.3 is 5.97 Å². The Morgan fingerprint density at radius 3 is 2.73 bits per heavy atom. The number of pyridine rings is 1. The molecule has 0 aliphatic rings. The van der Waals surface area contributed by atoms with Crippen molar-refractivity contribution in [2.45, 2.75) is 26.7 Å². The Balaban J connectivity index is 2.43. The minimum Gasteiger partial charge on any atom is -0.462 e. The minimum absolute atomic E-state index is 0.282. The summed E-state index contributed by atoms with van der Waals surface area (Å²) in [6.45, 7) is 4.71. The molecule has 1 rings (SSSR count). The summed E-state index contributed by atoms with van der Waals surface area (Å²) >= 11 is 0. The summed E-state index contributed by atoms with van der Waals surface area (Å²) in [6, 6.07) is 3.44. The summed E-state index contributed by atoms with van der Waals surface area (Å²) < 4.78 is 5.19. The molecule has 82 valence electrons. The van der Waals surface area contributed by atoms with Crippen LogP contribution >= 0.6 is 0 Å². The lowest BCUT2D eigenvalue weighted by molar-refractivity contribution is 0.0432. The zero-order valence-electron chi connectivity index (χ0n) is 9.27. The van der Waals surface area contributed by atoms with Crippen LogP contribution in [0.5, 0.6) is 0 Å². The van der Waals surface area contributed by atoms with Crippen LogP contribution in [0.1, 0.15) is 37.0 Å². The van der Waals surface area contributed by atoms with Gasteiger partial charge in [0.25, 0.3) is 0 Å². The maximum absolute atomic E-state index is 11.5. The van der Waals surface area contributed by atoms with Crippen LogP contribution in [0, 0.1) is 5.92 Å². The number of hydrogen-bond acceptors (Lipinski definition) is 3. The van der Waals surface area contributed by atoms with Crippen LogP contribution in [0.3, 0.4) is 0 Å². The van der Waals surface area contributed by atoms with Crippen molar-refractivity contribution in [3.63, 3.8) is 0 Å². The van der Waals surface area contributed by atoms with E-state index in [-0.39, 0.29) is 5.97 Å². The fraction of sp³-hybridized carbons (Fsp3) is 0.500. The van der Waals surface area contributed by atoms with Crippen molar-refractivity contribution in [3.05, 3.63) is 30.1 Å². The molecular formula is C12H17NO2. The van der Waals surface area contributed by atoms with Gasteiger partial charge in [-0.25, -0.2) is 4.79 Å². The van der Waals surface area contributed by atoms with E-state index in [0.29, 0.717) is 18.1 Å². The van der Waals surface area contributed by atoms with Crippen LogP contribution in [0.25, 0.3) is 0 Å². The maximum atomic E-state index is 11.5. The number of esters is 1. The van der Waals surface area contributed by atoms with Gasteiger partial charge in [-0.3, -0.25) is 4.98 Å². The average molecular weight is 207 g/mol. The lowest BCUT2D eigenvalue weighted by atomic mass is 10.1. The van der Waals surface area contributed by atoms with Gasteiger partial charge in [0, 0.05) is 12.4 Å². The second-order valence-corrected chi connectivity index (χ2v) is 3.52. The van der Waals surface area contributed by atoms with Crippen molar-refractivity contribution < 1.29 is 9.53 Å². The van der Waals surface area contributed by atoms with Gasteiger partial charge in [-0.1, -0.05) is 26.7 Å². The van der Waals surface area contributed by atoms with E-state index in [0.717, 1.165) is 12.8 Å². The molecule has 0 atom stereocenters. The van der Waals surface area contributed by atoms with Gasteiger partial charge in [-0.15, -0.1) is 0 Å². The molecule has 1 aromatic rings. The molecule has 0 saturated carbocycles. The molecule has 0 bridgehead atoms. The van der Waals surface area contributed by atoms with Crippen molar-refractivity contribution in [2.24, 2.45) is 5.92 Å². The highest BCUT2D eigenvalue weighted by atomic mass is 16.5. The molecular weight excluding hydrogens is 190 g/mol. The summed E-state index contributed by atoms with van der Waals surface area (Å²) in [5.74, 6) is 0.181. The topological polar surface area (TPSA) is 39.2 Å². The molecule has 0 aliphatic heterocycles. The molecule has 0 fully saturated rings. The first-order valence-electron chi connectivity index (χ1n) is 5.35. The lowest BCUT2D eigenvalue weighted by Gasteiger charge is -2.12. The van der Waals surface area contributed by atoms with E-state index < -0.39 is 0 Å². The lowest BCUT2D eigenvalue weighted by Crippen LogP contribution is -2.13. The second-order valence-electron chi connectivity index (χ2n) is 3.52. The third-order valence-electron chi connectivity index (χ3n) is 2.50. The molecule has 0 saturated heterocycles. The van der Waals surface area contributed by atoms with E-state index in [1.54, 1.807) is 18.3 Å². The number of ether oxygens (including phenoxy) is 1. The van der Waals surface area contributed by atoms with Crippen LogP contribution in [0.4, 0.5) is 0 Å². The maximum Gasteiger partial charge on any atom is 0.339 e. The Hall–Kier alpha value is -1.38. The highest BCUT2D eigenvalue weighted by Crippen LogP contribution is 2.09. The highest BCUT2D eigenvalue weighted by molar-refractivity contribution is 5.88. The molecule has 3 nitrogen and oxygen atoms in total. The third-order valence-corrected chi connectivity index (χ3v) is 2.50. The molecule has 0 aliphatic carbocycles. The molecule has 0 N–H and O–H groups in total. The normalized spacial score (nSPS) is 10.3. The van der Waals surface area contributed by atoms with Crippen LogP contribution < -0.4 is 0 Å². The number of carbonyl (C=O) groups excluding carboxylic acids is 1. The van der Waals surface area contributed by atoms with E-state index in [1.165, 1.54) is 6.20 Å². The molecule has 0 amide bonds. The van der Waals surface area contributed by atoms with Gasteiger partial charge < -0.3 is 4.74 Å². The van der Waals surface area contributed by atoms with E-state index in [4.69, 9.17) is 4.74 Å². The number of rotatable bonds is 5. The molecule has 0 spiro atoms. The van der Waals surface area contributed by atoms with Crippen LogP contribution in [0.15, 0.2) is 24.5 Å². The summed E-state index contributed by atoms with van der Waals surface area (Å²) in [7, 11) is 0.